The molecule has 1 aromatic rings. The highest BCUT2D eigenvalue weighted by atomic mass is 79.9. The number of nitrogens with zero attached hydrogens (tertiary/aromatic N) is 2. The predicted molar refractivity (Wildman–Crippen MR) is 71.6 cm³/mol. The van der Waals surface area contributed by atoms with Crippen molar-refractivity contribution in [3.05, 3.63) is 32.8 Å². The topological polar surface area (TPSA) is 97.6 Å². The van der Waals surface area contributed by atoms with Gasteiger partial charge in [-0.05, 0) is 12.1 Å². The van der Waals surface area contributed by atoms with Crippen molar-refractivity contribution in [3.63, 3.8) is 0 Å². The lowest BCUT2D eigenvalue weighted by molar-refractivity contribution is -0.384. The third-order valence-electron chi connectivity index (χ3n) is 2.91. The van der Waals surface area contributed by atoms with Crippen LogP contribution < -0.4 is 4.90 Å². The number of nitro groups is 1. The standard InChI is InChI=1S/C10H8BrFN2O5S/c11-6-1-2-8(14(16)17)9(3-6)13-5-7(4-10(13)15)20(12,18)19/h1-3,7H,4-5H2. The molecule has 1 amide bonds. The van der Waals surface area contributed by atoms with Crippen LogP contribution in [0, 0.1) is 10.1 Å². The fourth-order valence-electron chi connectivity index (χ4n) is 1.96. The Balaban J connectivity index is 2.45. The van der Waals surface area contributed by atoms with E-state index in [9.17, 15) is 27.2 Å². The number of carbonyl (C=O) groups excluding carboxylic acids is 1. The lowest BCUT2D eigenvalue weighted by atomic mass is 10.2. The fourth-order valence-corrected chi connectivity index (χ4v) is 2.98. The van der Waals surface area contributed by atoms with Gasteiger partial charge < -0.3 is 4.90 Å². The summed E-state index contributed by atoms with van der Waals surface area (Å²) in [4.78, 5) is 22.9. The maximum Gasteiger partial charge on any atom is 0.307 e. The van der Waals surface area contributed by atoms with Crippen molar-refractivity contribution < 1.29 is 22.0 Å². The summed E-state index contributed by atoms with van der Waals surface area (Å²) in [5.74, 6) is -0.669. The van der Waals surface area contributed by atoms with Gasteiger partial charge in [0.05, 0.1) is 4.92 Å². The van der Waals surface area contributed by atoms with E-state index < -0.39 is 39.3 Å². The molecule has 0 aliphatic carbocycles. The third kappa shape index (κ3) is 2.80. The second-order valence-electron chi connectivity index (χ2n) is 4.20. The van der Waals surface area contributed by atoms with Crippen LogP contribution in [0.2, 0.25) is 0 Å². The third-order valence-corrected chi connectivity index (χ3v) is 4.52. The second kappa shape index (κ2) is 5.09. The minimum Gasteiger partial charge on any atom is -0.305 e. The SMILES string of the molecule is O=C1CC(S(=O)(=O)F)CN1c1cc(Br)ccc1[N+](=O)[O-]. The highest BCUT2D eigenvalue weighted by Gasteiger charge is 2.41. The van der Waals surface area contributed by atoms with Crippen molar-refractivity contribution in [3.8, 4) is 0 Å². The zero-order chi connectivity index (χ0) is 15.1. The number of hydrogen-bond donors (Lipinski definition) is 0. The molecule has 2 rings (SSSR count). The van der Waals surface area contributed by atoms with E-state index in [1.165, 1.54) is 18.2 Å². The smallest absolute Gasteiger partial charge is 0.305 e. The first kappa shape index (κ1) is 14.9. The number of rotatable bonds is 3. The van der Waals surface area contributed by atoms with E-state index in [-0.39, 0.29) is 11.4 Å². The maximum absolute atomic E-state index is 12.9. The summed E-state index contributed by atoms with van der Waals surface area (Å²) in [6.07, 6.45) is -0.525. The number of benzene rings is 1. The molecule has 10 heteroatoms. The van der Waals surface area contributed by atoms with Crippen molar-refractivity contribution in [1.82, 2.24) is 0 Å². The summed E-state index contributed by atoms with van der Waals surface area (Å²) in [7, 11) is -4.86. The second-order valence-corrected chi connectivity index (χ2v) is 6.73. The maximum atomic E-state index is 12.9. The van der Waals surface area contributed by atoms with E-state index in [0.29, 0.717) is 4.47 Å². The molecule has 1 unspecified atom stereocenters. The molecule has 1 saturated heterocycles. The first-order valence-electron chi connectivity index (χ1n) is 5.38. The van der Waals surface area contributed by atoms with Crippen LogP contribution >= 0.6 is 15.9 Å². The summed E-state index contributed by atoms with van der Waals surface area (Å²) >= 11 is 3.11. The van der Waals surface area contributed by atoms with Gasteiger partial charge >= 0.3 is 10.2 Å². The van der Waals surface area contributed by atoms with Gasteiger partial charge in [-0.2, -0.15) is 8.42 Å². The lowest BCUT2D eigenvalue weighted by Crippen LogP contribution is -2.27. The molecule has 0 bridgehead atoms. The van der Waals surface area contributed by atoms with Gasteiger partial charge in [0, 0.05) is 23.5 Å². The summed E-state index contributed by atoms with van der Waals surface area (Å²) in [5.41, 5.74) is -0.404. The average Bonchev–Trinajstić information content (AvgIpc) is 2.70. The number of halogens is 2. The van der Waals surface area contributed by atoms with Gasteiger partial charge in [-0.1, -0.05) is 15.9 Å². The number of anilines is 1. The summed E-state index contributed by atoms with van der Waals surface area (Å²) < 4.78 is 35.1. The molecular formula is C10H8BrFN2O5S. The number of carbonyl (C=O) groups is 1. The first-order chi connectivity index (χ1) is 9.20. The van der Waals surface area contributed by atoms with Crippen molar-refractivity contribution in [1.29, 1.82) is 0 Å². The Morgan fingerprint density at radius 3 is 2.60 bits per heavy atom. The minimum atomic E-state index is -4.86. The fraction of sp³-hybridized carbons (Fsp3) is 0.300. The average molecular weight is 367 g/mol. The molecule has 108 valence electrons. The van der Waals surface area contributed by atoms with Gasteiger partial charge in [-0.15, -0.1) is 3.89 Å². The Morgan fingerprint density at radius 2 is 2.10 bits per heavy atom. The molecule has 1 fully saturated rings. The summed E-state index contributed by atoms with van der Waals surface area (Å²) in [6.45, 7) is -0.436. The number of hydrogen-bond acceptors (Lipinski definition) is 5. The molecule has 0 radical (unpaired) electrons. The quantitative estimate of drug-likeness (QED) is 0.461. The lowest BCUT2D eigenvalue weighted by Gasteiger charge is -2.16. The van der Waals surface area contributed by atoms with Gasteiger partial charge in [0.2, 0.25) is 5.91 Å². The molecule has 1 aliphatic rings. The van der Waals surface area contributed by atoms with E-state index in [2.05, 4.69) is 15.9 Å². The molecular weight excluding hydrogens is 359 g/mol. The zero-order valence-corrected chi connectivity index (χ0v) is 12.2. The Kier molecular flexibility index (Phi) is 3.78. The Hall–Kier alpha value is -1.55. The van der Waals surface area contributed by atoms with Gasteiger partial charge in [-0.3, -0.25) is 14.9 Å². The van der Waals surface area contributed by atoms with E-state index >= 15 is 0 Å². The summed E-state index contributed by atoms with van der Waals surface area (Å²) in [5, 5.41) is 9.44. The highest BCUT2D eigenvalue weighted by Crippen LogP contribution is 2.35. The molecule has 0 spiro atoms. The molecule has 1 atom stereocenters. The predicted octanol–water partition coefficient (Wildman–Crippen LogP) is 1.76. The van der Waals surface area contributed by atoms with Crippen LogP contribution in [0.1, 0.15) is 6.42 Å². The summed E-state index contributed by atoms with van der Waals surface area (Å²) in [6, 6.07) is 3.93. The van der Waals surface area contributed by atoms with Crippen LogP contribution in [0.3, 0.4) is 0 Å². The molecule has 7 nitrogen and oxygen atoms in total. The molecule has 1 aromatic carbocycles. The Morgan fingerprint density at radius 1 is 1.45 bits per heavy atom. The van der Waals surface area contributed by atoms with Gasteiger partial charge in [-0.25, -0.2) is 0 Å². The van der Waals surface area contributed by atoms with Crippen molar-refractivity contribution in [2.75, 3.05) is 11.4 Å². The number of amides is 1. The van der Waals surface area contributed by atoms with Crippen molar-refractivity contribution >= 4 is 43.4 Å². The molecule has 0 aromatic heterocycles. The van der Waals surface area contributed by atoms with Crippen LogP contribution in [0.25, 0.3) is 0 Å². The Bertz CT molecular complexity index is 693. The van der Waals surface area contributed by atoms with Crippen LogP contribution in [0.15, 0.2) is 22.7 Å². The monoisotopic (exact) mass is 366 g/mol. The molecule has 20 heavy (non-hydrogen) atoms. The molecule has 1 heterocycles. The molecule has 0 N–H and O–H groups in total. The van der Waals surface area contributed by atoms with Crippen LogP contribution in [0.5, 0.6) is 0 Å². The van der Waals surface area contributed by atoms with Crippen molar-refractivity contribution in [2.45, 2.75) is 11.7 Å². The van der Waals surface area contributed by atoms with Crippen LogP contribution in [0.4, 0.5) is 15.3 Å². The normalized spacial score (nSPS) is 19.4. The van der Waals surface area contributed by atoms with E-state index in [4.69, 9.17) is 0 Å². The largest absolute Gasteiger partial charge is 0.307 e. The van der Waals surface area contributed by atoms with Crippen molar-refractivity contribution in [2.24, 2.45) is 0 Å². The van der Waals surface area contributed by atoms with E-state index in [0.717, 1.165) is 4.90 Å². The Labute approximate surface area is 121 Å². The van der Waals surface area contributed by atoms with Gasteiger partial charge in [0.1, 0.15) is 10.9 Å². The molecule has 1 aliphatic heterocycles. The van der Waals surface area contributed by atoms with Crippen LogP contribution in [-0.4, -0.2) is 31.0 Å². The van der Waals surface area contributed by atoms with E-state index in [1.54, 1.807) is 0 Å². The number of nitro benzene ring substituents is 1. The highest BCUT2D eigenvalue weighted by molar-refractivity contribution is 9.10. The van der Waals surface area contributed by atoms with E-state index in [1.807, 2.05) is 0 Å². The minimum absolute atomic E-state index is 0.0551. The first-order valence-corrected chi connectivity index (χ1v) is 7.62. The van der Waals surface area contributed by atoms with Gasteiger partial charge in [0.25, 0.3) is 5.69 Å². The van der Waals surface area contributed by atoms with Gasteiger partial charge in [0.15, 0.2) is 0 Å². The molecule has 0 saturated carbocycles. The zero-order valence-electron chi connectivity index (χ0n) is 9.82. The van der Waals surface area contributed by atoms with Crippen LogP contribution in [-0.2, 0) is 15.0 Å².